The Kier molecular flexibility index (Phi) is 4.27. The molecule has 1 aromatic carbocycles. The van der Waals surface area contributed by atoms with Crippen molar-refractivity contribution in [3.05, 3.63) is 34.9 Å². The lowest BCUT2D eigenvalue weighted by Gasteiger charge is -2.35. The molecule has 0 radical (unpaired) electrons. The average Bonchev–Trinajstić information content (AvgIpc) is 2.92. The van der Waals surface area contributed by atoms with Crippen LogP contribution in [0.3, 0.4) is 0 Å². The second kappa shape index (κ2) is 6.16. The fraction of sp³-hybridized carbons (Fsp3) is 0.588. The van der Waals surface area contributed by atoms with Gasteiger partial charge in [-0.1, -0.05) is 18.2 Å². The van der Waals surface area contributed by atoms with Gasteiger partial charge in [0.05, 0.1) is 0 Å². The third-order valence-corrected chi connectivity index (χ3v) is 4.72. The van der Waals surface area contributed by atoms with E-state index >= 15 is 0 Å². The molecule has 1 aliphatic heterocycles. The molecule has 0 unspecified atom stereocenters. The molecule has 4 nitrogen and oxygen atoms in total. The molecular formula is C17H24N2O2. The lowest BCUT2D eigenvalue weighted by molar-refractivity contribution is -0.143. The van der Waals surface area contributed by atoms with E-state index in [0.29, 0.717) is 12.5 Å². The summed E-state index contributed by atoms with van der Waals surface area (Å²) in [4.78, 5) is 13.8. The number of piperazine rings is 1. The van der Waals surface area contributed by atoms with Crippen molar-refractivity contribution >= 4 is 5.97 Å². The first-order chi connectivity index (χ1) is 10.1. The number of aryl methyl sites for hydroxylation is 2. The standard InChI is InChI=1S/C17H24N2O2/c1-12-11-19(8-7-18-12)16(17(20)21)10-13-5-6-14-3-2-4-15(14)9-13/h5-6,9,12,16,18H,2-4,7-8,10-11H2,1H3,(H,20,21)/t12-,16-/m0/s1. The number of hydrogen-bond acceptors (Lipinski definition) is 3. The molecule has 0 saturated carbocycles. The molecule has 4 heteroatoms. The topological polar surface area (TPSA) is 52.6 Å². The number of benzene rings is 1. The Bertz CT molecular complexity index is 530. The summed E-state index contributed by atoms with van der Waals surface area (Å²) >= 11 is 0. The van der Waals surface area contributed by atoms with Gasteiger partial charge in [0.15, 0.2) is 0 Å². The first kappa shape index (κ1) is 14.5. The fourth-order valence-corrected chi connectivity index (χ4v) is 3.59. The number of nitrogens with zero attached hydrogens (tertiary/aromatic N) is 1. The van der Waals surface area contributed by atoms with Gasteiger partial charge in [0, 0.05) is 25.7 Å². The van der Waals surface area contributed by atoms with Crippen molar-refractivity contribution in [2.45, 2.75) is 44.7 Å². The zero-order valence-electron chi connectivity index (χ0n) is 12.6. The Hall–Kier alpha value is -1.39. The SMILES string of the molecule is C[C@H]1CN([C@@H](Cc2ccc3c(c2)CCC3)C(=O)O)CCN1. The number of fused-ring (bicyclic) bond motifs is 1. The summed E-state index contributed by atoms with van der Waals surface area (Å²) in [5.74, 6) is -0.704. The molecule has 1 fully saturated rings. The lowest BCUT2D eigenvalue weighted by atomic mass is 9.99. The first-order valence-corrected chi connectivity index (χ1v) is 7.94. The average molecular weight is 288 g/mol. The maximum atomic E-state index is 11.7. The summed E-state index contributed by atoms with van der Waals surface area (Å²) in [6.07, 6.45) is 4.16. The van der Waals surface area contributed by atoms with Gasteiger partial charge in [-0.3, -0.25) is 9.69 Å². The second-order valence-corrected chi connectivity index (χ2v) is 6.36. The van der Waals surface area contributed by atoms with Crippen LogP contribution in [0.5, 0.6) is 0 Å². The molecule has 1 aromatic rings. The molecule has 2 N–H and O–H groups in total. The highest BCUT2D eigenvalue weighted by molar-refractivity contribution is 5.74. The van der Waals surface area contributed by atoms with Gasteiger partial charge in [-0.2, -0.15) is 0 Å². The van der Waals surface area contributed by atoms with Gasteiger partial charge >= 0.3 is 5.97 Å². The van der Waals surface area contributed by atoms with Gasteiger partial charge in [-0.15, -0.1) is 0 Å². The zero-order chi connectivity index (χ0) is 14.8. The summed E-state index contributed by atoms with van der Waals surface area (Å²) in [6, 6.07) is 6.49. The van der Waals surface area contributed by atoms with E-state index in [0.717, 1.165) is 31.6 Å². The van der Waals surface area contributed by atoms with Crippen LogP contribution in [0.2, 0.25) is 0 Å². The van der Waals surface area contributed by atoms with Crippen LogP contribution >= 0.6 is 0 Å². The molecule has 1 saturated heterocycles. The normalized spacial score (nSPS) is 23.8. The molecule has 114 valence electrons. The molecule has 0 amide bonds. The highest BCUT2D eigenvalue weighted by Crippen LogP contribution is 2.24. The molecule has 1 aliphatic carbocycles. The number of rotatable bonds is 4. The summed E-state index contributed by atoms with van der Waals surface area (Å²) in [7, 11) is 0. The summed E-state index contributed by atoms with van der Waals surface area (Å²) in [5, 5.41) is 13.0. The zero-order valence-corrected chi connectivity index (χ0v) is 12.6. The molecule has 1 heterocycles. The predicted molar refractivity (Wildman–Crippen MR) is 82.6 cm³/mol. The summed E-state index contributed by atoms with van der Waals surface area (Å²) in [5.41, 5.74) is 4.03. The number of carbonyl (C=O) groups is 1. The number of aliphatic carboxylic acids is 1. The number of carboxylic acid groups (broad SMARTS) is 1. The van der Waals surface area contributed by atoms with E-state index in [1.54, 1.807) is 0 Å². The maximum Gasteiger partial charge on any atom is 0.321 e. The van der Waals surface area contributed by atoms with Crippen molar-refractivity contribution in [1.82, 2.24) is 10.2 Å². The molecule has 0 spiro atoms. The van der Waals surface area contributed by atoms with Crippen molar-refractivity contribution in [3.63, 3.8) is 0 Å². The van der Waals surface area contributed by atoms with Crippen LogP contribution in [-0.4, -0.2) is 47.7 Å². The molecule has 2 atom stereocenters. The minimum absolute atomic E-state index is 0.362. The third kappa shape index (κ3) is 3.27. The Morgan fingerprint density at radius 3 is 3.00 bits per heavy atom. The third-order valence-electron chi connectivity index (χ3n) is 4.72. The quantitative estimate of drug-likeness (QED) is 0.881. The maximum absolute atomic E-state index is 11.7. The lowest BCUT2D eigenvalue weighted by Crippen LogP contribution is -2.55. The largest absolute Gasteiger partial charge is 0.480 e. The molecule has 3 rings (SSSR count). The van der Waals surface area contributed by atoms with Crippen LogP contribution in [0.1, 0.15) is 30.0 Å². The van der Waals surface area contributed by atoms with E-state index < -0.39 is 12.0 Å². The van der Waals surface area contributed by atoms with Gasteiger partial charge in [-0.25, -0.2) is 0 Å². The number of hydrogen-bond donors (Lipinski definition) is 2. The van der Waals surface area contributed by atoms with Crippen LogP contribution < -0.4 is 5.32 Å². The second-order valence-electron chi connectivity index (χ2n) is 6.36. The molecule has 0 bridgehead atoms. The van der Waals surface area contributed by atoms with E-state index in [9.17, 15) is 9.90 Å². The smallest absolute Gasteiger partial charge is 0.321 e. The van der Waals surface area contributed by atoms with Crippen LogP contribution in [-0.2, 0) is 24.1 Å². The van der Waals surface area contributed by atoms with Crippen molar-refractivity contribution < 1.29 is 9.90 Å². The van der Waals surface area contributed by atoms with Crippen molar-refractivity contribution in [3.8, 4) is 0 Å². The Morgan fingerprint density at radius 1 is 1.43 bits per heavy atom. The Balaban J connectivity index is 1.74. The molecule has 0 aromatic heterocycles. The highest BCUT2D eigenvalue weighted by Gasteiger charge is 2.29. The fourth-order valence-electron chi connectivity index (χ4n) is 3.59. The van der Waals surface area contributed by atoms with E-state index in [4.69, 9.17) is 0 Å². The van der Waals surface area contributed by atoms with Crippen molar-refractivity contribution in [1.29, 1.82) is 0 Å². The minimum atomic E-state index is -0.704. The Morgan fingerprint density at radius 2 is 2.24 bits per heavy atom. The van der Waals surface area contributed by atoms with Crippen molar-refractivity contribution in [2.24, 2.45) is 0 Å². The van der Waals surface area contributed by atoms with Gasteiger partial charge in [0.2, 0.25) is 0 Å². The molecular weight excluding hydrogens is 264 g/mol. The summed E-state index contributed by atoms with van der Waals surface area (Å²) in [6.45, 7) is 4.60. The highest BCUT2D eigenvalue weighted by atomic mass is 16.4. The van der Waals surface area contributed by atoms with Crippen LogP contribution in [0, 0.1) is 0 Å². The van der Waals surface area contributed by atoms with Gasteiger partial charge in [0.1, 0.15) is 6.04 Å². The van der Waals surface area contributed by atoms with Crippen molar-refractivity contribution in [2.75, 3.05) is 19.6 Å². The van der Waals surface area contributed by atoms with E-state index in [1.165, 1.54) is 24.0 Å². The minimum Gasteiger partial charge on any atom is -0.480 e. The number of carboxylic acids is 1. The summed E-state index contributed by atoms with van der Waals surface area (Å²) < 4.78 is 0. The van der Waals surface area contributed by atoms with Crippen LogP contribution in [0.25, 0.3) is 0 Å². The van der Waals surface area contributed by atoms with Gasteiger partial charge < -0.3 is 10.4 Å². The van der Waals surface area contributed by atoms with E-state index in [-0.39, 0.29) is 0 Å². The molecule has 21 heavy (non-hydrogen) atoms. The molecule has 2 aliphatic rings. The van der Waals surface area contributed by atoms with Gasteiger partial charge in [-0.05, 0) is 49.3 Å². The van der Waals surface area contributed by atoms with E-state index in [1.807, 2.05) is 0 Å². The van der Waals surface area contributed by atoms with Crippen LogP contribution in [0.4, 0.5) is 0 Å². The first-order valence-electron chi connectivity index (χ1n) is 7.94. The number of nitrogens with one attached hydrogen (secondary N) is 1. The monoisotopic (exact) mass is 288 g/mol. The predicted octanol–water partition coefficient (Wildman–Crippen LogP) is 1.46. The Labute approximate surface area is 126 Å². The van der Waals surface area contributed by atoms with Gasteiger partial charge in [0.25, 0.3) is 0 Å². The van der Waals surface area contributed by atoms with Crippen LogP contribution in [0.15, 0.2) is 18.2 Å². The van der Waals surface area contributed by atoms with E-state index in [2.05, 4.69) is 35.3 Å².